The molecular formula is C14H11NO. The summed E-state index contributed by atoms with van der Waals surface area (Å²) >= 11 is 0. The van der Waals surface area contributed by atoms with E-state index in [1.54, 1.807) is 0 Å². The van der Waals surface area contributed by atoms with Crippen molar-refractivity contribution in [2.24, 2.45) is 4.99 Å². The van der Waals surface area contributed by atoms with Gasteiger partial charge in [0.25, 0.3) is 0 Å². The number of Topliss-reactive ketones (excluding diaryl/α,β-unsaturated/α-hetero) is 1. The Hall–Kier alpha value is -1.96. The molecule has 2 heteroatoms. The van der Waals surface area contributed by atoms with Crippen molar-refractivity contribution in [2.75, 3.05) is 0 Å². The normalized spacial score (nSPS) is 20.4. The average Bonchev–Trinajstić information content (AvgIpc) is 2.89. The highest BCUT2D eigenvalue weighted by Crippen LogP contribution is 2.30. The van der Waals surface area contributed by atoms with E-state index in [4.69, 9.17) is 0 Å². The molecule has 78 valence electrons. The first kappa shape index (κ1) is 9.28. The van der Waals surface area contributed by atoms with Crippen LogP contribution < -0.4 is 0 Å². The first-order valence-electron chi connectivity index (χ1n) is 5.38. The molecular weight excluding hydrogens is 198 g/mol. The van der Waals surface area contributed by atoms with Crippen LogP contribution >= 0.6 is 0 Å². The lowest BCUT2D eigenvalue weighted by atomic mass is 10.0. The summed E-state index contributed by atoms with van der Waals surface area (Å²) in [6.45, 7) is 0. The van der Waals surface area contributed by atoms with E-state index in [9.17, 15) is 4.79 Å². The van der Waals surface area contributed by atoms with Gasteiger partial charge in [0.1, 0.15) is 0 Å². The third-order valence-corrected chi connectivity index (χ3v) is 2.96. The van der Waals surface area contributed by atoms with Gasteiger partial charge in [0.05, 0.1) is 0 Å². The van der Waals surface area contributed by atoms with E-state index in [0.29, 0.717) is 6.42 Å². The summed E-state index contributed by atoms with van der Waals surface area (Å²) in [5.41, 5.74) is 4.17. The molecule has 1 heterocycles. The Morgan fingerprint density at radius 3 is 2.94 bits per heavy atom. The Bertz CT molecular complexity index is 550. The van der Waals surface area contributed by atoms with Crippen LogP contribution in [-0.2, 0) is 11.2 Å². The van der Waals surface area contributed by atoms with Crippen molar-refractivity contribution in [3.05, 3.63) is 53.2 Å². The number of allylic oxidation sites excluding steroid dienone is 3. The van der Waals surface area contributed by atoms with E-state index in [-0.39, 0.29) is 5.78 Å². The molecule has 0 saturated carbocycles. The van der Waals surface area contributed by atoms with Gasteiger partial charge < -0.3 is 0 Å². The smallest absolute Gasteiger partial charge is 0.167 e. The SMILES string of the molecule is O=C1Cc2ccccc2/C1=C/C1=CN=CC1. The molecule has 0 N–H and O–H groups in total. The summed E-state index contributed by atoms with van der Waals surface area (Å²) in [5, 5.41) is 0. The molecule has 2 nitrogen and oxygen atoms in total. The maximum atomic E-state index is 11.9. The van der Waals surface area contributed by atoms with Gasteiger partial charge in [-0.25, -0.2) is 0 Å². The highest BCUT2D eigenvalue weighted by molar-refractivity contribution is 6.25. The summed E-state index contributed by atoms with van der Waals surface area (Å²) < 4.78 is 0. The van der Waals surface area contributed by atoms with Gasteiger partial charge >= 0.3 is 0 Å². The number of hydrogen-bond acceptors (Lipinski definition) is 2. The fraction of sp³-hybridized carbons (Fsp3) is 0.143. The van der Waals surface area contributed by atoms with E-state index in [2.05, 4.69) is 4.99 Å². The van der Waals surface area contributed by atoms with Crippen LogP contribution in [-0.4, -0.2) is 12.0 Å². The zero-order chi connectivity index (χ0) is 11.0. The largest absolute Gasteiger partial charge is 0.294 e. The standard InChI is InChI=1S/C14H11NO/c16-14-8-11-3-1-2-4-12(11)13(14)7-10-5-6-15-9-10/h1-4,6-7,9H,5,8H2/b13-7-. The van der Waals surface area contributed by atoms with Gasteiger partial charge in [-0.3, -0.25) is 9.79 Å². The molecule has 1 aromatic rings. The minimum absolute atomic E-state index is 0.217. The molecule has 16 heavy (non-hydrogen) atoms. The number of aliphatic imine (C=N–C) groups is 1. The maximum absolute atomic E-state index is 11.9. The molecule has 1 aromatic carbocycles. The lowest BCUT2D eigenvalue weighted by Gasteiger charge is -1.99. The number of rotatable bonds is 1. The molecule has 1 aliphatic heterocycles. The predicted octanol–water partition coefficient (Wildman–Crippen LogP) is 2.55. The van der Waals surface area contributed by atoms with Crippen molar-refractivity contribution < 1.29 is 4.79 Å². The van der Waals surface area contributed by atoms with Gasteiger partial charge in [-0.15, -0.1) is 0 Å². The second kappa shape index (κ2) is 3.56. The predicted molar refractivity (Wildman–Crippen MR) is 64.3 cm³/mol. The van der Waals surface area contributed by atoms with Crippen LogP contribution in [0.3, 0.4) is 0 Å². The van der Waals surface area contributed by atoms with Crippen LogP contribution in [0.25, 0.3) is 5.57 Å². The van der Waals surface area contributed by atoms with Crippen LogP contribution in [0, 0.1) is 0 Å². The number of carbonyl (C=O) groups is 1. The van der Waals surface area contributed by atoms with Crippen molar-refractivity contribution >= 4 is 17.6 Å². The Balaban J connectivity index is 2.05. The fourth-order valence-corrected chi connectivity index (χ4v) is 2.15. The first-order chi connectivity index (χ1) is 7.84. The molecule has 0 aromatic heterocycles. The summed E-state index contributed by atoms with van der Waals surface area (Å²) in [4.78, 5) is 15.9. The number of benzene rings is 1. The average molecular weight is 209 g/mol. The monoisotopic (exact) mass is 209 g/mol. The van der Waals surface area contributed by atoms with Crippen LogP contribution in [0.2, 0.25) is 0 Å². The zero-order valence-electron chi connectivity index (χ0n) is 8.81. The minimum Gasteiger partial charge on any atom is -0.294 e. The third kappa shape index (κ3) is 1.43. The van der Waals surface area contributed by atoms with E-state index in [0.717, 1.165) is 28.7 Å². The number of ketones is 1. The Kier molecular flexibility index (Phi) is 2.07. The molecule has 0 atom stereocenters. The molecule has 0 radical (unpaired) electrons. The lowest BCUT2D eigenvalue weighted by molar-refractivity contribution is -0.112. The zero-order valence-corrected chi connectivity index (χ0v) is 8.81. The van der Waals surface area contributed by atoms with Crippen LogP contribution in [0.15, 0.2) is 47.1 Å². The molecule has 0 unspecified atom stereocenters. The lowest BCUT2D eigenvalue weighted by Crippen LogP contribution is -1.94. The quantitative estimate of drug-likeness (QED) is 0.653. The number of nitrogens with zero attached hydrogens (tertiary/aromatic N) is 1. The third-order valence-electron chi connectivity index (χ3n) is 2.96. The molecule has 0 bridgehead atoms. The van der Waals surface area contributed by atoms with Gasteiger partial charge in [0, 0.05) is 30.8 Å². The van der Waals surface area contributed by atoms with Gasteiger partial charge in [-0.05, 0) is 22.8 Å². The molecule has 2 aliphatic rings. The second-order valence-corrected chi connectivity index (χ2v) is 4.05. The Labute approximate surface area is 94.0 Å². The molecule has 0 fully saturated rings. The van der Waals surface area contributed by atoms with Gasteiger partial charge in [0.15, 0.2) is 5.78 Å². The number of hydrogen-bond donors (Lipinski definition) is 0. The van der Waals surface area contributed by atoms with Crippen LogP contribution in [0.4, 0.5) is 0 Å². The summed E-state index contributed by atoms with van der Waals surface area (Å²) in [7, 11) is 0. The topological polar surface area (TPSA) is 29.4 Å². The van der Waals surface area contributed by atoms with Gasteiger partial charge in [-0.2, -0.15) is 0 Å². The Morgan fingerprint density at radius 1 is 1.25 bits per heavy atom. The Morgan fingerprint density at radius 2 is 2.12 bits per heavy atom. The van der Waals surface area contributed by atoms with E-state index in [1.807, 2.05) is 42.8 Å². The number of fused-ring (bicyclic) bond motifs is 1. The molecule has 1 aliphatic carbocycles. The summed E-state index contributed by atoms with van der Waals surface area (Å²) in [5.74, 6) is 0.217. The molecule has 0 amide bonds. The van der Waals surface area contributed by atoms with Crippen molar-refractivity contribution in [1.82, 2.24) is 0 Å². The van der Waals surface area contributed by atoms with E-state index >= 15 is 0 Å². The minimum atomic E-state index is 0.217. The van der Waals surface area contributed by atoms with Crippen molar-refractivity contribution in [2.45, 2.75) is 12.8 Å². The van der Waals surface area contributed by atoms with Gasteiger partial charge in [0.2, 0.25) is 0 Å². The van der Waals surface area contributed by atoms with E-state index < -0.39 is 0 Å². The van der Waals surface area contributed by atoms with Crippen LogP contribution in [0.5, 0.6) is 0 Å². The molecule has 0 spiro atoms. The molecule has 0 saturated heterocycles. The fourth-order valence-electron chi connectivity index (χ4n) is 2.15. The van der Waals surface area contributed by atoms with Crippen molar-refractivity contribution in [3.63, 3.8) is 0 Å². The summed E-state index contributed by atoms with van der Waals surface area (Å²) in [6, 6.07) is 7.99. The maximum Gasteiger partial charge on any atom is 0.167 e. The number of carbonyl (C=O) groups excluding carboxylic acids is 1. The van der Waals surface area contributed by atoms with Gasteiger partial charge in [-0.1, -0.05) is 24.3 Å². The first-order valence-corrected chi connectivity index (χ1v) is 5.38. The van der Waals surface area contributed by atoms with Crippen LogP contribution in [0.1, 0.15) is 17.5 Å². The second-order valence-electron chi connectivity index (χ2n) is 4.05. The molecule has 3 rings (SSSR count). The summed E-state index contributed by atoms with van der Waals surface area (Å²) in [6.07, 6.45) is 7.02. The van der Waals surface area contributed by atoms with E-state index in [1.165, 1.54) is 0 Å². The van der Waals surface area contributed by atoms with Crippen molar-refractivity contribution in [1.29, 1.82) is 0 Å². The van der Waals surface area contributed by atoms with Crippen molar-refractivity contribution in [3.8, 4) is 0 Å². The highest BCUT2D eigenvalue weighted by Gasteiger charge is 2.23. The highest BCUT2D eigenvalue weighted by atomic mass is 16.1.